The molecule has 0 atom stereocenters. The zero-order chi connectivity index (χ0) is 9.97. The molecule has 5 heteroatoms. The summed E-state index contributed by atoms with van der Waals surface area (Å²) in [7, 11) is 1.89. The van der Waals surface area contributed by atoms with Gasteiger partial charge in [0.1, 0.15) is 0 Å². The Kier molecular flexibility index (Phi) is 2.74. The Morgan fingerprint density at radius 2 is 2.50 bits per heavy atom. The molecule has 0 aliphatic heterocycles. The summed E-state index contributed by atoms with van der Waals surface area (Å²) in [5, 5.41) is 12.1. The van der Waals surface area contributed by atoms with Gasteiger partial charge in [0.25, 0.3) is 0 Å². The smallest absolute Gasteiger partial charge is 0.0836 e. The Balaban J connectivity index is 2.05. The van der Waals surface area contributed by atoms with E-state index in [1.807, 2.05) is 18.5 Å². The van der Waals surface area contributed by atoms with E-state index in [1.165, 1.54) is 0 Å². The van der Waals surface area contributed by atoms with Crippen molar-refractivity contribution >= 4 is 28.6 Å². The second-order valence-electron chi connectivity index (χ2n) is 2.93. The normalized spacial score (nSPS) is 10.4. The van der Waals surface area contributed by atoms with E-state index in [2.05, 4.69) is 15.8 Å². The average molecular weight is 228 g/mol. The summed E-state index contributed by atoms with van der Waals surface area (Å²) in [6.07, 6.45) is 1.66. The quantitative estimate of drug-likeness (QED) is 0.874. The molecule has 0 unspecified atom stereocenters. The van der Waals surface area contributed by atoms with Gasteiger partial charge in [-0.15, -0.1) is 0 Å². The maximum atomic E-state index is 5.96. The molecular weight excluding hydrogens is 218 g/mol. The largest absolute Gasteiger partial charge is 0.379 e. The van der Waals surface area contributed by atoms with Crippen molar-refractivity contribution in [3.63, 3.8) is 0 Å². The zero-order valence-corrected chi connectivity index (χ0v) is 9.27. The summed E-state index contributed by atoms with van der Waals surface area (Å²) in [6.45, 7) is 0.700. The molecular formula is C9H10ClN3S. The van der Waals surface area contributed by atoms with Crippen molar-refractivity contribution in [2.75, 3.05) is 5.32 Å². The van der Waals surface area contributed by atoms with Crippen molar-refractivity contribution in [3.05, 3.63) is 33.7 Å². The van der Waals surface area contributed by atoms with E-state index < -0.39 is 0 Å². The fraction of sp³-hybridized carbons (Fsp3) is 0.222. The number of aryl methyl sites for hydroxylation is 1. The lowest BCUT2D eigenvalue weighted by Gasteiger charge is -2.04. The number of aromatic nitrogens is 2. The molecule has 2 aromatic heterocycles. The van der Waals surface area contributed by atoms with Crippen LogP contribution in [0.4, 0.5) is 5.69 Å². The molecule has 0 amide bonds. The first-order valence-electron chi connectivity index (χ1n) is 4.20. The van der Waals surface area contributed by atoms with Crippen LogP contribution in [0.15, 0.2) is 23.0 Å². The molecule has 0 saturated heterocycles. The number of hydrogen-bond acceptors (Lipinski definition) is 3. The molecule has 0 fully saturated rings. The molecule has 0 bridgehead atoms. The molecule has 2 aromatic rings. The van der Waals surface area contributed by atoms with Gasteiger partial charge in [0, 0.05) is 18.1 Å². The lowest BCUT2D eigenvalue weighted by atomic mass is 10.4. The second-order valence-corrected chi connectivity index (χ2v) is 4.12. The fourth-order valence-corrected chi connectivity index (χ4v) is 2.03. The number of rotatable bonds is 3. The first-order chi connectivity index (χ1) is 6.77. The Bertz CT molecular complexity index is 388. The van der Waals surface area contributed by atoms with Crippen LogP contribution >= 0.6 is 22.9 Å². The highest BCUT2D eigenvalue weighted by molar-refractivity contribution is 7.08. The predicted molar refractivity (Wildman–Crippen MR) is 59.9 cm³/mol. The molecule has 14 heavy (non-hydrogen) atoms. The van der Waals surface area contributed by atoms with E-state index in [4.69, 9.17) is 11.6 Å². The van der Waals surface area contributed by atoms with Gasteiger partial charge in [-0.25, -0.2) is 0 Å². The standard InChI is InChI=1S/C9H10ClN3S/c1-13-9(8(10)4-12-13)5-11-7-2-3-14-6-7/h2-4,6,11H,5H2,1H3. The Labute approximate surface area is 91.3 Å². The highest BCUT2D eigenvalue weighted by Crippen LogP contribution is 2.17. The summed E-state index contributed by atoms with van der Waals surface area (Å²) in [5.74, 6) is 0. The summed E-state index contributed by atoms with van der Waals surface area (Å²) >= 11 is 7.63. The van der Waals surface area contributed by atoms with Crippen LogP contribution in [0.2, 0.25) is 5.02 Å². The van der Waals surface area contributed by atoms with E-state index in [1.54, 1.807) is 22.2 Å². The van der Waals surface area contributed by atoms with Gasteiger partial charge in [0.15, 0.2) is 0 Å². The first-order valence-corrected chi connectivity index (χ1v) is 5.52. The number of nitrogens with one attached hydrogen (secondary N) is 1. The van der Waals surface area contributed by atoms with Crippen molar-refractivity contribution in [2.45, 2.75) is 6.54 Å². The van der Waals surface area contributed by atoms with E-state index >= 15 is 0 Å². The number of halogens is 1. The van der Waals surface area contributed by atoms with Crippen LogP contribution in [0.1, 0.15) is 5.69 Å². The highest BCUT2D eigenvalue weighted by atomic mass is 35.5. The van der Waals surface area contributed by atoms with Crippen LogP contribution in [0.5, 0.6) is 0 Å². The fourth-order valence-electron chi connectivity index (χ4n) is 1.19. The molecule has 0 aliphatic rings. The summed E-state index contributed by atoms with van der Waals surface area (Å²) < 4.78 is 1.78. The minimum atomic E-state index is 0.700. The Morgan fingerprint density at radius 1 is 1.64 bits per heavy atom. The van der Waals surface area contributed by atoms with Crippen LogP contribution in [0.25, 0.3) is 0 Å². The van der Waals surface area contributed by atoms with Crippen LogP contribution < -0.4 is 5.32 Å². The monoisotopic (exact) mass is 227 g/mol. The molecule has 1 N–H and O–H groups in total. The highest BCUT2D eigenvalue weighted by Gasteiger charge is 2.05. The lowest BCUT2D eigenvalue weighted by molar-refractivity contribution is 0.721. The lowest BCUT2D eigenvalue weighted by Crippen LogP contribution is -2.05. The SMILES string of the molecule is Cn1ncc(Cl)c1CNc1ccsc1. The van der Waals surface area contributed by atoms with Gasteiger partial charge in [0.05, 0.1) is 23.5 Å². The molecule has 0 radical (unpaired) electrons. The maximum Gasteiger partial charge on any atom is 0.0836 e. The van der Waals surface area contributed by atoms with E-state index in [0.29, 0.717) is 11.6 Å². The van der Waals surface area contributed by atoms with Crippen molar-refractivity contribution in [1.29, 1.82) is 0 Å². The third-order valence-corrected chi connectivity index (χ3v) is 2.99. The van der Waals surface area contributed by atoms with E-state index in [-0.39, 0.29) is 0 Å². The van der Waals surface area contributed by atoms with Crippen LogP contribution in [0.3, 0.4) is 0 Å². The maximum absolute atomic E-state index is 5.96. The predicted octanol–water partition coefficient (Wildman–Crippen LogP) is 2.75. The molecule has 0 spiro atoms. The van der Waals surface area contributed by atoms with E-state index in [0.717, 1.165) is 11.4 Å². The average Bonchev–Trinajstić information content (AvgIpc) is 2.76. The van der Waals surface area contributed by atoms with Crippen molar-refractivity contribution in [2.24, 2.45) is 7.05 Å². The molecule has 0 saturated carbocycles. The molecule has 3 nitrogen and oxygen atoms in total. The minimum absolute atomic E-state index is 0.700. The number of hydrogen-bond donors (Lipinski definition) is 1. The van der Waals surface area contributed by atoms with Crippen molar-refractivity contribution in [1.82, 2.24) is 9.78 Å². The Hall–Kier alpha value is -1.000. The van der Waals surface area contributed by atoms with Crippen LogP contribution in [0, 0.1) is 0 Å². The van der Waals surface area contributed by atoms with Crippen LogP contribution in [-0.2, 0) is 13.6 Å². The van der Waals surface area contributed by atoms with Crippen LogP contribution in [-0.4, -0.2) is 9.78 Å². The zero-order valence-electron chi connectivity index (χ0n) is 7.70. The van der Waals surface area contributed by atoms with E-state index in [9.17, 15) is 0 Å². The number of anilines is 1. The third-order valence-electron chi connectivity index (χ3n) is 1.99. The van der Waals surface area contributed by atoms with Gasteiger partial charge in [-0.1, -0.05) is 11.6 Å². The van der Waals surface area contributed by atoms with Gasteiger partial charge in [-0.3, -0.25) is 4.68 Å². The molecule has 2 heterocycles. The minimum Gasteiger partial charge on any atom is -0.379 e. The summed E-state index contributed by atoms with van der Waals surface area (Å²) in [6, 6.07) is 2.04. The summed E-state index contributed by atoms with van der Waals surface area (Å²) in [5.41, 5.74) is 2.12. The molecule has 0 aliphatic carbocycles. The molecule has 74 valence electrons. The number of nitrogens with zero attached hydrogens (tertiary/aromatic N) is 2. The molecule has 0 aromatic carbocycles. The topological polar surface area (TPSA) is 29.9 Å². The van der Waals surface area contributed by atoms with Gasteiger partial charge < -0.3 is 5.32 Å². The first kappa shape index (κ1) is 9.55. The van der Waals surface area contributed by atoms with Gasteiger partial charge in [-0.05, 0) is 11.4 Å². The van der Waals surface area contributed by atoms with Crippen molar-refractivity contribution in [3.8, 4) is 0 Å². The van der Waals surface area contributed by atoms with Gasteiger partial charge in [-0.2, -0.15) is 16.4 Å². The second kappa shape index (κ2) is 4.02. The van der Waals surface area contributed by atoms with Gasteiger partial charge in [0.2, 0.25) is 0 Å². The summed E-state index contributed by atoms with van der Waals surface area (Å²) in [4.78, 5) is 0. The van der Waals surface area contributed by atoms with Crippen molar-refractivity contribution < 1.29 is 0 Å². The Morgan fingerprint density at radius 3 is 3.07 bits per heavy atom. The third kappa shape index (κ3) is 1.91. The molecule has 2 rings (SSSR count). The van der Waals surface area contributed by atoms with Gasteiger partial charge >= 0.3 is 0 Å². The number of thiophene rings is 1.